The van der Waals surface area contributed by atoms with Crippen LogP contribution in [0.2, 0.25) is 0 Å². The number of rotatable bonds is 5. The Labute approximate surface area is 118 Å². The van der Waals surface area contributed by atoms with Gasteiger partial charge in [0, 0.05) is 16.9 Å². The van der Waals surface area contributed by atoms with Crippen LogP contribution in [0.3, 0.4) is 0 Å². The van der Waals surface area contributed by atoms with Crippen molar-refractivity contribution in [1.82, 2.24) is 0 Å². The lowest BCUT2D eigenvalue weighted by molar-refractivity contribution is -0.897. The minimum absolute atomic E-state index is 0.0795. The predicted molar refractivity (Wildman–Crippen MR) is 73.9 cm³/mol. The fourth-order valence-corrected chi connectivity index (χ4v) is 1.67. The molecule has 0 amide bonds. The van der Waals surface area contributed by atoms with Gasteiger partial charge in [0.2, 0.25) is 12.4 Å². The Morgan fingerprint density at radius 3 is 2.35 bits per heavy atom. The lowest BCUT2D eigenvalue weighted by atomic mass is 10.2. The first kappa shape index (κ1) is 14.1. The molecule has 0 N–H and O–H groups in total. The molecular formula is C16H18NO3+. The molecular weight excluding hydrogens is 254 g/mol. The molecule has 4 heteroatoms. The van der Waals surface area contributed by atoms with Crippen LogP contribution in [0.1, 0.15) is 29.8 Å². The van der Waals surface area contributed by atoms with Gasteiger partial charge in [0.25, 0.3) is 0 Å². The lowest BCUT2D eigenvalue weighted by Gasteiger charge is -2.05. The van der Waals surface area contributed by atoms with E-state index in [1.165, 1.54) is 0 Å². The van der Waals surface area contributed by atoms with E-state index in [0.29, 0.717) is 5.56 Å². The average molecular weight is 272 g/mol. The van der Waals surface area contributed by atoms with E-state index in [-0.39, 0.29) is 18.7 Å². The number of hydrogen-bond acceptors (Lipinski definition) is 3. The highest BCUT2D eigenvalue weighted by molar-refractivity contribution is 5.88. The third-order valence-corrected chi connectivity index (χ3v) is 2.58. The molecule has 2 aromatic rings. The van der Waals surface area contributed by atoms with E-state index >= 15 is 0 Å². The van der Waals surface area contributed by atoms with E-state index in [1.807, 2.05) is 44.2 Å². The summed E-state index contributed by atoms with van der Waals surface area (Å²) in [6.07, 6.45) is 3.47. The molecule has 0 fully saturated rings. The van der Waals surface area contributed by atoms with E-state index in [9.17, 15) is 4.79 Å². The first-order chi connectivity index (χ1) is 9.65. The maximum atomic E-state index is 11.9. The summed E-state index contributed by atoms with van der Waals surface area (Å²) in [5, 5.41) is 0. The van der Waals surface area contributed by atoms with Crippen LogP contribution in [0.15, 0.2) is 54.9 Å². The molecule has 0 atom stereocenters. The lowest BCUT2D eigenvalue weighted by Crippen LogP contribution is -2.45. The zero-order chi connectivity index (χ0) is 14.4. The van der Waals surface area contributed by atoms with Gasteiger partial charge in [-0.15, -0.1) is 0 Å². The fourth-order valence-electron chi connectivity index (χ4n) is 1.67. The van der Waals surface area contributed by atoms with Crippen LogP contribution in [0.5, 0.6) is 0 Å². The molecule has 0 aliphatic rings. The molecule has 1 heterocycles. The quantitative estimate of drug-likeness (QED) is 0.618. The molecule has 104 valence electrons. The molecule has 0 saturated heterocycles. The van der Waals surface area contributed by atoms with E-state index in [2.05, 4.69) is 0 Å². The zero-order valence-electron chi connectivity index (χ0n) is 11.7. The highest BCUT2D eigenvalue weighted by Crippen LogP contribution is 2.04. The van der Waals surface area contributed by atoms with Crippen molar-refractivity contribution in [3.8, 4) is 0 Å². The third-order valence-electron chi connectivity index (χ3n) is 2.58. The highest BCUT2D eigenvalue weighted by atomic mass is 16.7. The van der Waals surface area contributed by atoms with E-state index < -0.39 is 0 Å². The van der Waals surface area contributed by atoms with E-state index in [0.717, 1.165) is 5.56 Å². The zero-order valence-corrected chi connectivity index (χ0v) is 11.7. The van der Waals surface area contributed by atoms with Crippen LogP contribution >= 0.6 is 0 Å². The SMILES string of the molecule is CC(C)O[n+]1ccc(C(=O)OCc2ccccc2)cc1. The number of carbonyl (C=O) groups is 1. The Balaban J connectivity index is 1.92. The largest absolute Gasteiger partial charge is 0.457 e. The van der Waals surface area contributed by atoms with Crippen molar-refractivity contribution >= 4 is 5.97 Å². The van der Waals surface area contributed by atoms with Crippen LogP contribution in [0, 0.1) is 0 Å². The highest BCUT2D eigenvalue weighted by Gasteiger charge is 2.11. The monoisotopic (exact) mass is 272 g/mol. The van der Waals surface area contributed by atoms with Gasteiger partial charge < -0.3 is 4.74 Å². The normalized spacial score (nSPS) is 10.3. The molecule has 1 aromatic carbocycles. The number of hydrogen-bond donors (Lipinski definition) is 0. The molecule has 1 aromatic heterocycles. The predicted octanol–water partition coefficient (Wildman–Crippen LogP) is 2.17. The van der Waals surface area contributed by atoms with Crippen molar-refractivity contribution in [3.63, 3.8) is 0 Å². The van der Waals surface area contributed by atoms with Crippen LogP contribution in [0.25, 0.3) is 0 Å². The first-order valence-corrected chi connectivity index (χ1v) is 6.54. The van der Waals surface area contributed by atoms with E-state index in [1.54, 1.807) is 29.3 Å². The van der Waals surface area contributed by atoms with Gasteiger partial charge in [-0.2, -0.15) is 0 Å². The Morgan fingerprint density at radius 1 is 1.10 bits per heavy atom. The minimum atomic E-state index is -0.342. The van der Waals surface area contributed by atoms with Gasteiger partial charge in [-0.25, -0.2) is 4.79 Å². The molecule has 4 nitrogen and oxygen atoms in total. The van der Waals surface area contributed by atoms with Crippen molar-refractivity contribution in [2.45, 2.75) is 26.6 Å². The first-order valence-electron chi connectivity index (χ1n) is 6.54. The summed E-state index contributed by atoms with van der Waals surface area (Å²) in [4.78, 5) is 17.3. The van der Waals surface area contributed by atoms with Crippen molar-refractivity contribution in [2.24, 2.45) is 0 Å². The maximum absolute atomic E-state index is 11.9. The second-order valence-corrected chi connectivity index (χ2v) is 4.66. The molecule has 0 radical (unpaired) electrons. The molecule has 0 spiro atoms. The molecule has 2 rings (SSSR count). The van der Waals surface area contributed by atoms with Crippen LogP contribution in [-0.4, -0.2) is 12.1 Å². The minimum Gasteiger partial charge on any atom is -0.457 e. The summed E-state index contributed by atoms with van der Waals surface area (Å²) in [6.45, 7) is 4.15. The van der Waals surface area contributed by atoms with Gasteiger partial charge in [-0.05, 0) is 19.4 Å². The third kappa shape index (κ3) is 4.09. The Morgan fingerprint density at radius 2 is 1.75 bits per heavy atom. The number of benzene rings is 1. The van der Waals surface area contributed by atoms with Crippen molar-refractivity contribution in [3.05, 3.63) is 66.0 Å². The number of nitrogens with zero attached hydrogens (tertiary/aromatic N) is 1. The Hall–Kier alpha value is -2.36. The second kappa shape index (κ2) is 6.70. The van der Waals surface area contributed by atoms with Crippen LogP contribution in [0.4, 0.5) is 0 Å². The standard InChI is InChI=1S/C16H18NO3/c1-13(2)20-17-10-8-15(9-11-17)16(18)19-12-14-6-4-3-5-7-14/h3-11,13H,12H2,1-2H3/q+1. The van der Waals surface area contributed by atoms with Gasteiger partial charge in [0.05, 0.1) is 5.56 Å². The Kier molecular flexibility index (Phi) is 4.71. The van der Waals surface area contributed by atoms with Gasteiger partial charge in [-0.3, -0.25) is 4.84 Å². The summed E-state index contributed by atoms with van der Waals surface area (Å²) >= 11 is 0. The van der Waals surface area contributed by atoms with Crippen molar-refractivity contribution < 1.29 is 19.1 Å². The molecule has 0 aliphatic carbocycles. The fraction of sp³-hybridized carbons (Fsp3) is 0.250. The second-order valence-electron chi connectivity index (χ2n) is 4.66. The molecule has 0 aliphatic heterocycles. The number of esters is 1. The van der Waals surface area contributed by atoms with Crippen molar-refractivity contribution in [2.75, 3.05) is 0 Å². The molecule has 0 saturated carbocycles. The molecule has 0 bridgehead atoms. The van der Waals surface area contributed by atoms with E-state index in [4.69, 9.17) is 9.57 Å². The van der Waals surface area contributed by atoms with Gasteiger partial charge >= 0.3 is 5.97 Å². The number of carbonyl (C=O) groups excluding carboxylic acids is 1. The smallest absolute Gasteiger partial charge is 0.338 e. The Bertz CT molecular complexity index is 550. The number of aromatic nitrogens is 1. The van der Waals surface area contributed by atoms with Gasteiger partial charge in [0.15, 0.2) is 6.10 Å². The van der Waals surface area contributed by atoms with Gasteiger partial charge in [0.1, 0.15) is 6.61 Å². The number of pyridine rings is 1. The van der Waals surface area contributed by atoms with Crippen molar-refractivity contribution in [1.29, 1.82) is 0 Å². The average Bonchev–Trinajstić information content (AvgIpc) is 2.46. The van der Waals surface area contributed by atoms with Crippen LogP contribution in [-0.2, 0) is 11.3 Å². The molecule has 20 heavy (non-hydrogen) atoms. The summed E-state index contributed by atoms with van der Waals surface area (Å²) in [5.74, 6) is -0.342. The molecule has 0 unspecified atom stereocenters. The number of ether oxygens (including phenoxy) is 1. The topological polar surface area (TPSA) is 39.4 Å². The summed E-state index contributed by atoms with van der Waals surface area (Å²) < 4.78 is 6.81. The summed E-state index contributed by atoms with van der Waals surface area (Å²) in [6, 6.07) is 12.9. The summed E-state index contributed by atoms with van der Waals surface area (Å²) in [5.41, 5.74) is 1.47. The van der Waals surface area contributed by atoms with Gasteiger partial charge in [-0.1, -0.05) is 30.3 Å². The van der Waals surface area contributed by atoms with Crippen LogP contribution < -0.4 is 9.57 Å². The summed E-state index contributed by atoms with van der Waals surface area (Å²) in [7, 11) is 0. The maximum Gasteiger partial charge on any atom is 0.338 e.